The molecule has 0 saturated heterocycles. The first-order valence-electron chi connectivity index (χ1n) is 6.22. The predicted octanol–water partition coefficient (Wildman–Crippen LogP) is 2.58. The van der Waals surface area contributed by atoms with E-state index in [0.717, 1.165) is 12.8 Å². The second kappa shape index (κ2) is 7.36. The number of hydrogen-bond acceptors (Lipinski definition) is 4. The second-order valence-corrected chi connectivity index (χ2v) is 4.95. The Kier molecular flexibility index (Phi) is 5.49. The van der Waals surface area contributed by atoms with E-state index in [4.69, 9.17) is 32.7 Å². The van der Waals surface area contributed by atoms with Crippen LogP contribution in [0.2, 0.25) is 10.0 Å². The van der Waals surface area contributed by atoms with Crippen molar-refractivity contribution in [3.8, 4) is 5.88 Å². The van der Waals surface area contributed by atoms with Gasteiger partial charge >= 0.3 is 0 Å². The van der Waals surface area contributed by atoms with Crippen molar-refractivity contribution in [2.24, 2.45) is 0 Å². The van der Waals surface area contributed by atoms with Gasteiger partial charge in [-0.1, -0.05) is 23.2 Å². The molecule has 0 fully saturated rings. The molecule has 0 unspecified atom stereocenters. The summed E-state index contributed by atoms with van der Waals surface area (Å²) in [6.45, 7) is 1.17. The van der Waals surface area contributed by atoms with Gasteiger partial charge in [0.25, 0.3) is 5.91 Å². The third-order valence-corrected chi connectivity index (χ3v) is 3.04. The van der Waals surface area contributed by atoms with Crippen LogP contribution in [0.3, 0.4) is 0 Å². The number of allylic oxidation sites excluding steroid dienone is 1. The molecule has 1 aromatic heterocycles. The third-order valence-electron chi connectivity index (χ3n) is 2.56. The smallest absolute Gasteiger partial charge is 0.286 e. The van der Waals surface area contributed by atoms with Crippen molar-refractivity contribution >= 4 is 29.1 Å². The molecule has 0 saturated carbocycles. The summed E-state index contributed by atoms with van der Waals surface area (Å²) in [5.74, 6) is 0.431. The molecular weight excluding hydrogens is 303 g/mol. The van der Waals surface area contributed by atoms with Crippen LogP contribution in [0.4, 0.5) is 0 Å². The number of carbonyl (C=O) groups is 1. The molecule has 1 amide bonds. The fourth-order valence-electron chi connectivity index (χ4n) is 1.62. The van der Waals surface area contributed by atoms with E-state index < -0.39 is 0 Å². The van der Waals surface area contributed by atoms with E-state index in [1.54, 1.807) is 12.1 Å². The number of amides is 1. The zero-order valence-electron chi connectivity index (χ0n) is 10.7. The number of halogens is 2. The van der Waals surface area contributed by atoms with E-state index in [-0.39, 0.29) is 12.5 Å². The Bertz CT molecular complexity index is 520. The molecule has 7 heteroatoms. The molecule has 108 valence electrons. The molecule has 1 aliphatic heterocycles. The van der Waals surface area contributed by atoms with Gasteiger partial charge in [-0.3, -0.25) is 4.79 Å². The molecule has 0 bridgehead atoms. The maximum absolute atomic E-state index is 11.7. The SMILES string of the molecule is O=C(NCCOc1ncc(Cl)cc1Cl)C1=CCCCO1. The molecule has 0 aromatic carbocycles. The quantitative estimate of drug-likeness (QED) is 0.848. The highest BCUT2D eigenvalue weighted by Gasteiger charge is 2.13. The van der Waals surface area contributed by atoms with Gasteiger partial charge in [0.2, 0.25) is 5.88 Å². The fourth-order valence-corrected chi connectivity index (χ4v) is 2.06. The first-order valence-corrected chi connectivity index (χ1v) is 6.97. The first-order chi connectivity index (χ1) is 9.66. The third kappa shape index (κ3) is 4.28. The summed E-state index contributed by atoms with van der Waals surface area (Å²) in [7, 11) is 0. The summed E-state index contributed by atoms with van der Waals surface area (Å²) in [4.78, 5) is 15.7. The van der Waals surface area contributed by atoms with Gasteiger partial charge in [0.1, 0.15) is 11.6 Å². The Morgan fingerprint density at radius 3 is 3.05 bits per heavy atom. The molecule has 0 radical (unpaired) electrons. The van der Waals surface area contributed by atoms with Crippen molar-refractivity contribution in [1.82, 2.24) is 10.3 Å². The molecule has 0 atom stereocenters. The number of hydrogen-bond donors (Lipinski definition) is 1. The Morgan fingerprint density at radius 2 is 2.35 bits per heavy atom. The zero-order valence-corrected chi connectivity index (χ0v) is 12.2. The maximum Gasteiger partial charge on any atom is 0.286 e. The minimum absolute atomic E-state index is 0.233. The standard InChI is InChI=1S/C13H14Cl2N2O3/c14-9-7-10(15)13(17-8-9)20-6-4-16-12(18)11-3-1-2-5-19-11/h3,7-8H,1-2,4-6H2,(H,16,18). The van der Waals surface area contributed by atoms with Gasteiger partial charge in [0.05, 0.1) is 18.2 Å². The van der Waals surface area contributed by atoms with E-state index >= 15 is 0 Å². The van der Waals surface area contributed by atoms with Gasteiger partial charge in [-0.15, -0.1) is 0 Å². The number of carbonyl (C=O) groups excluding carboxylic acids is 1. The number of nitrogens with zero attached hydrogens (tertiary/aromatic N) is 1. The van der Waals surface area contributed by atoms with Crippen LogP contribution in [0.1, 0.15) is 12.8 Å². The lowest BCUT2D eigenvalue weighted by molar-refractivity contribution is -0.121. The second-order valence-electron chi connectivity index (χ2n) is 4.10. The largest absolute Gasteiger partial charge is 0.488 e. The number of rotatable bonds is 5. The fraction of sp³-hybridized carbons (Fsp3) is 0.385. The van der Waals surface area contributed by atoms with Crippen molar-refractivity contribution in [2.45, 2.75) is 12.8 Å². The van der Waals surface area contributed by atoms with Gasteiger partial charge in [-0.05, 0) is 25.0 Å². The predicted molar refractivity (Wildman–Crippen MR) is 76.0 cm³/mol. The summed E-state index contributed by atoms with van der Waals surface area (Å²) in [6.07, 6.45) is 5.05. The number of nitrogens with one attached hydrogen (secondary N) is 1. The topological polar surface area (TPSA) is 60.5 Å². The zero-order chi connectivity index (χ0) is 14.4. The van der Waals surface area contributed by atoms with E-state index in [9.17, 15) is 4.79 Å². The molecule has 20 heavy (non-hydrogen) atoms. The van der Waals surface area contributed by atoms with E-state index in [0.29, 0.717) is 34.8 Å². The Balaban J connectivity index is 1.73. The normalized spacial score (nSPS) is 14.2. The molecular formula is C13H14Cl2N2O3. The summed E-state index contributed by atoms with van der Waals surface area (Å²) in [5.41, 5.74) is 0. The highest BCUT2D eigenvalue weighted by atomic mass is 35.5. The van der Waals surface area contributed by atoms with Crippen LogP contribution in [-0.4, -0.2) is 30.6 Å². The summed E-state index contributed by atoms with van der Waals surface area (Å²) in [5, 5.41) is 3.48. The highest BCUT2D eigenvalue weighted by molar-refractivity contribution is 6.35. The number of ether oxygens (including phenoxy) is 2. The molecule has 1 aliphatic rings. The molecule has 0 aliphatic carbocycles. The van der Waals surface area contributed by atoms with Gasteiger partial charge in [0.15, 0.2) is 5.76 Å². The van der Waals surface area contributed by atoms with Crippen molar-refractivity contribution in [3.05, 3.63) is 34.1 Å². The molecule has 5 nitrogen and oxygen atoms in total. The highest BCUT2D eigenvalue weighted by Crippen LogP contribution is 2.24. The lowest BCUT2D eigenvalue weighted by Gasteiger charge is -2.14. The van der Waals surface area contributed by atoms with Crippen molar-refractivity contribution in [3.63, 3.8) is 0 Å². The van der Waals surface area contributed by atoms with Crippen molar-refractivity contribution < 1.29 is 14.3 Å². The average molecular weight is 317 g/mol. The minimum Gasteiger partial charge on any atom is -0.488 e. The summed E-state index contributed by atoms with van der Waals surface area (Å²) >= 11 is 11.6. The Hall–Kier alpha value is -1.46. The number of pyridine rings is 1. The van der Waals surface area contributed by atoms with E-state index in [2.05, 4.69) is 10.3 Å². The lowest BCUT2D eigenvalue weighted by atomic mass is 10.2. The van der Waals surface area contributed by atoms with Crippen LogP contribution in [-0.2, 0) is 9.53 Å². The molecule has 0 spiro atoms. The van der Waals surface area contributed by atoms with Crippen molar-refractivity contribution in [2.75, 3.05) is 19.8 Å². The van der Waals surface area contributed by atoms with Crippen LogP contribution < -0.4 is 10.1 Å². The number of aromatic nitrogens is 1. The minimum atomic E-state index is -0.233. The van der Waals surface area contributed by atoms with Crippen LogP contribution in [0, 0.1) is 0 Å². The van der Waals surface area contributed by atoms with Gasteiger partial charge in [-0.25, -0.2) is 4.98 Å². The molecule has 2 heterocycles. The monoisotopic (exact) mass is 316 g/mol. The molecule has 2 rings (SSSR count). The van der Waals surface area contributed by atoms with Gasteiger partial charge < -0.3 is 14.8 Å². The molecule has 1 N–H and O–H groups in total. The van der Waals surface area contributed by atoms with Crippen LogP contribution in [0.25, 0.3) is 0 Å². The van der Waals surface area contributed by atoms with Crippen molar-refractivity contribution in [1.29, 1.82) is 0 Å². The Labute approximate surface area is 126 Å². The van der Waals surface area contributed by atoms with E-state index in [1.165, 1.54) is 6.20 Å². The van der Waals surface area contributed by atoms with E-state index in [1.807, 2.05) is 0 Å². The summed E-state index contributed by atoms with van der Waals surface area (Å²) < 4.78 is 10.6. The van der Waals surface area contributed by atoms with Gasteiger partial charge in [-0.2, -0.15) is 0 Å². The summed E-state index contributed by atoms with van der Waals surface area (Å²) in [6, 6.07) is 1.55. The van der Waals surface area contributed by atoms with Crippen LogP contribution in [0.15, 0.2) is 24.1 Å². The average Bonchev–Trinajstić information content (AvgIpc) is 2.46. The Morgan fingerprint density at radius 1 is 1.50 bits per heavy atom. The van der Waals surface area contributed by atoms with Crippen LogP contribution >= 0.6 is 23.2 Å². The molecule has 1 aromatic rings. The lowest BCUT2D eigenvalue weighted by Crippen LogP contribution is -2.31. The maximum atomic E-state index is 11.7. The van der Waals surface area contributed by atoms with Crippen LogP contribution in [0.5, 0.6) is 5.88 Å². The van der Waals surface area contributed by atoms with Gasteiger partial charge in [0, 0.05) is 6.20 Å². The first kappa shape index (κ1) is 14.9.